The van der Waals surface area contributed by atoms with Crippen LogP contribution in [0.5, 0.6) is 0 Å². The fourth-order valence-electron chi connectivity index (χ4n) is 3.41. The van der Waals surface area contributed by atoms with Crippen molar-refractivity contribution in [3.63, 3.8) is 0 Å². The second kappa shape index (κ2) is 6.80. The second-order valence-corrected chi connectivity index (χ2v) is 6.95. The first-order valence-corrected chi connectivity index (χ1v) is 8.38. The first-order valence-electron chi connectivity index (χ1n) is 8.38. The van der Waals surface area contributed by atoms with Crippen LogP contribution in [-0.4, -0.2) is 74.6 Å². The van der Waals surface area contributed by atoms with Gasteiger partial charge in [-0.05, 0) is 12.5 Å². The number of amides is 1. The first kappa shape index (κ1) is 17.9. The lowest BCUT2D eigenvalue weighted by Gasteiger charge is -2.36. The standard InChI is InChI=1S/C16H22F2N4O3/c17-16(18)3-7-20(8-4-16)11-15(25)2-9-22(12-15)13(23)10-21-6-1-5-19-14(21)24/h1,5-6,25H,2-4,7-12H2/t15-/m0/s1. The van der Waals surface area contributed by atoms with Gasteiger partial charge in [0.15, 0.2) is 0 Å². The molecule has 0 aromatic carbocycles. The van der Waals surface area contributed by atoms with Crippen LogP contribution in [0.3, 0.4) is 0 Å². The summed E-state index contributed by atoms with van der Waals surface area (Å²) in [5, 5.41) is 10.7. The summed E-state index contributed by atoms with van der Waals surface area (Å²) in [5.74, 6) is -2.88. The summed E-state index contributed by atoms with van der Waals surface area (Å²) in [5.41, 5.74) is -1.60. The van der Waals surface area contributed by atoms with Crippen molar-refractivity contribution in [3.05, 3.63) is 28.9 Å². The summed E-state index contributed by atoms with van der Waals surface area (Å²) in [6.07, 6.45) is 2.85. The van der Waals surface area contributed by atoms with Gasteiger partial charge >= 0.3 is 5.69 Å². The molecule has 3 rings (SSSR count). The number of aromatic nitrogens is 2. The molecule has 0 unspecified atom stereocenters. The Morgan fingerprint density at radius 3 is 2.64 bits per heavy atom. The third-order valence-electron chi connectivity index (χ3n) is 4.88. The zero-order chi connectivity index (χ0) is 18.1. The van der Waals surface area contributed by atoms with E-state index in [1.54, 1.807) is 6.07 Å². The monoisotopic (exact) mass is 356 g/mol. The Kier molecular flexibility index (Phi) is 4.88. The lowest BCUT2D eigenvalue weighted by Crippen LogP contribution is -2.50. The Morgan fingerprint density at radius 2 is 1.96 bits per heavy atom. The number of piperidine rings is 1. The van der Waals surface area contributed by atoms with E-state index in [-0.39, 0.29) is 51.5 Å². The van der Waals surface area contributed by atoms with Gasteiger partial charge in [0.2, 0.25) is 5.91 Å². The molecule has 2 aliphatic rings. The number of nitrogens with zero attached hydrogens (tertiary/aromatic N) is 4. The Balaban J connectivity index is 1.54. The molecule has 1 N–H and O–H groups in total. The van der Waals surface area contributed by atoms with Crippen molar-refractivity contribution in [1.29, 1.82) is 0 Å². The fraction of sp³-hybridized carbons (Fsp3) is 0.688. The molecule has 0 saturated carbocycles. The van der Waals surface area contributed by atoms with Crippen molar-refractivity contribution in [2.75, 3.05) is 32.7 Å². The van der Waals surface area contributed by atoms with Crippen LogP contribution >= 0.6 is 0 Å². The van der Waals surface area contributed by atoms with E-state index in [9.17, 15) is 23.5 Å². The molecule has 0 radical (unpaired) electrons. The van der Waals surface area contributed by atoms with Crippen LogP contribution in [0, 0.1) is 0 Å². The van der Waals surface area contributed by atoms with Gasteiger partial charge < -0.3 is 10.0 Å². The van der Waals surface area contributed by atoms with E-state index < -0.39 is 17.2 Å². The second-order valence-electron chi connectivity index (χ2n) is 6.95. The Morgan fingerprint density at radius 1 is 1.24 bits per heavy atom. The predicted molar refractivity (Wildman–Crippen MR) is 85.3 cm³/mol. The van der Waals surface area contributed by atoms with Gasteiger partial charge in [-0.25, -0.2) is 18.6 Å². The van der Waals surface area contributed by atoms with Crippen LogP contribution in [0.15, 0.2) is 23.3 Å². The highest BCUT2D eigenvalue weighted by Gasteiger charge is 2.42. The molecule has 1 atom stereocenters. The average Bonchev–Trinajstić information content (AvgIpc) is 2.94. The normalized spacial score (nSPS) is 26.8. The quantitative estimate of drug-likeness (QED) is 0.818. The van der Waals surface area contributed by atoms with Gasteiger partial charge in [0.05, 0.1) is 12.1 Å². The average molecular weight is 356 g/mol. The Hall–Kier alpha value is -1.87. The Labute approximate surface area is 143 Å². The van der Waals surface area contributed by atoms with Crippen molar-refractivity contribution in [2.24, 2.45) is 0 Å². The molecule has 7 nitrogen and oxygen atoms in total. The van der Waals surface area contributed by atoms with Crippen molar-refractivity contribution in [3.8, 4) is 0 Å². The number of hydrogen-bond acceptors (Lipinski definition) is 5. The molecule has 1 amide bonds. The molecule has 2 fully saturated rings. The number of carbonyl (C=O) groups excluding carboxylic acids is 1. The van der Waals surface area contributed by atoms with E-state index in [1.165, 1.54) is 21.9 Å². The van der Waals surface area contributed by atoms with Crippen LogP contribution in [0.25, 0.3) is 0 Å². The van der Waals surface area contributed by atoms with Crippen LogP contribution in [0.4, 0.5) is 8.78 Å². The predicted octanol–water partition coefficient (Wildman–Crippen LogP) is -0.0622. The van der Waals surface area contributed by atoms with Gasteiger partial charge in [-0.2, -0.15) is 0 Å². The smallest absolute Gasteiger partial charge is 0.347 e. The molecule has 2 aliphatic heterocycles. The number of rotatable bonds is 4. The van der Waals surface area contributed by atoms with Crippen molar-refractivity contribution < 1.29 is 18.7 Å². The van der Waals surface area contributed by atoms with E-state index in [0.717, 1.165) is 0 Å². The van der Waals surface area contributed by atoms with Gasteiger partial charge in [0, 0.05) is 51.4 Å². The summed E-state index contributed by atoms with van der Waals surface area (Å²) in [4.78, 5) is 30.9. The number of likely N-dealkylation sites (tertiary alicyclic amines) is 2. The van der Waals surface area contributed by atoms with Gasteiger partial charge in [-0.15, -0.1) is 0 Å². The largest absolute Gasteiger partial charge is 0.387 e. The minimum Gasteiger partial charge on any atom is -0.387 e. The summed E-state index contributed by atoms with van der Waals surface area (Å²) >= 11 is 0. The van der Waals surface area contributed by atoms with E-state index in [1.807, 2.05) is 4.90 Å². The topological polar surface area (TPSA) is 78.7 Å². The third-order valence-corrected chi connectivity index (χ3v) is 4.88. The molecule has 3 heterocycles. The van der Waals surface area contributed by atoms with Crippen molar-refractivity contribution >= 4 is 5.91 Å². The SMILES string of the molecule is O=C(Cn1cccnc1=O)N1CC[C@](O)(CN2CCC(F)(F)CC2)C1. The molecule has 0 spiro atoms. The van der Waals surface area contributed by atoms with E-state index in [4.69, 9.17) is 0 Å². The summed E-state index contributed by atoms with van der Waals surface area (Å²) in [6, 6.07) is 1.57. The number of β-amino-alcohol motifs (C(OH)–C–C–N with tert-alkyl or cyclic N) is 1. The molecule has 1 aromatic rings. The van der Waals surface area contributed by atoms with Crippen LogP contribution < -0.4 is 5.69 Å². The van der Waals surface area contributed by atoms with Gasteiger partial charge in [-0.1, -0.05) is 0 Å². The maximum atomic E-state index is 13.2. The van der Waals surface area contributed by atoms with Gasteiger partial charge in [0.25, 0.3) is 5.92 Å². The number of halogens is 2. The van der Waals surface area contributed by atoms with Crippen molar-refractivity contribution in [2.45, 2.75) is 37.3 Å². The highest BCUT2D eigenvalue weighted by atomic mass is 19.3. The highest BCUT2D eigenvalue weighted by molar-refractivity contribution is 5.76. The number of aliphatic hydroxyl groups is 1. The minimum absolute atomic E-state index is 0.126. The summed E-state index contributed by atoms with van der Waals surface area (Å²) in [6.45, 7) is 1.17. The molecule has 2 saturated heterocycles. The lowest BCUT2D eigenvalue weighted by molar-refractivity contribution is -0.132. The zero-order valence-corrected chi connectivity index (χ0v) is 13.9. The molecule has 138 valence electrons. The molecule has 25 heavy (non-hydrogen) atoms. The zero-order valence-electron chi connectivity index (χ0n) is 13.9. The minimum atomic E-state index is -2.62. The molecule has 0 bridgehead atoms. The number of carbonyl (C=O) groups is 1. The maximum Gasteiger partial charge on any atom is 0.347 e. The number of hydrogen-bond donors (Lipinski definition) is 1. The van der Waals surface area contributed by atoms with Crippen LogP contribution in [-0.2, 0) is 11.3 Å². The molecule has 0 aliphatic carbocycles. The highest BCUT2D eigenvalue weighted by Crippen LogP contribution is 2.30. The fourth-order valence-corrected chi connectivity index (χ4v) is 3.41. The first-order chi connectivity index (χ1) is 11.8. The van der Waals surface area contributed by atoms with E-state index in [0.29, 0.717) is 13.0 Å². The molecular weight excluding hydrogens is 334 g/mol. The van der Waals surface area contributed by atoms with E-state index >= 15 is 0 Å². The third kappa shape index (κ3) is 4.40. The van der Waals surface area contributed by atoms with Crippen molar-refractivity contribution in [1.82, 2.24) is 19.4 Å². The van der Waals surface area contributed by atoms with Crippen LogP contribution in [0.1, 0.15) is 19.3 Å². The number of alkyl halides is 2. The maximum absolute atomic E-state index is 13.2. The van der Waals surface area contributed by atoms with Crippen LogP contribution in [0.2, 0.25) is 0 Å². The lowest BCUT2D eigenvalue weighted by atomic mass is 10.00. The molecule has 9 heteroatoms. The van der Waals surface area contributed by atoms with Gasteiger partial charge in [0.1, 0.15) is 6.54 Å². The van der Waals surface area contributed by atoms with E-state index in [2.05, 4.69) is 4.98 Å². The molecule has 1 aromatic heterocycles. The molecular formula is C16H22F2N4O3. The summed E-state index contributed by atoms with van der Waals surface area (Å²) < 4.78 is 27.7. The van der Waals surface area contributed by atoms with Gasteiger partial charge in [-0.3, -0.25) is 14.3 Å². The summed E-state index contributed by atoms with van der Waals surface area (Å²) in [7, 11) is 0. The Bertz CT molecular complexity index is 686.